The minimum absolute atomic E-state index is 1.01. The molecule has 0 amide bonds. The second-order valence-electron chi connectivity index (χ2n) is 4.29. The van der Waals surface area contributed by atoms with Gasteiger partial charge in [0.2, 0.25) is 0 Å². The van der Waals surface area contributed by atoms with Crippen molar-refractivity contribution < 1.29 is 0 Å². The van der Waals surface area contributed by atoms with E-state index < -0.39 is 0 Å². The minimum Gasteiger partial charge on any atom is -0.370 e. The average molecular weight is 292 g/mol. The fraction of sp³-hybridized carbons (Fsp3) is 0.308. The zero-order chi connectivity index (χ0) is 11.7. The van der Waals surface area contributed by atoms with Crippen LogP contribution in [0.2, 0.25) is 0 Å². The van der Waals surface area contributed by atoms with Crippen molar-refractivity contribution in [1.29, 1.82) is 0 Å². The second kappa shape index (κ2) is 4.53. The van der Waals surface area contributed by atoms with Crippen molar-refractivity contribution in [2.24, 2.45) is 0 Å². The maximum Gasteiger partial charge on any atom is 0.0879 e. The van der Waals surface area contributed by atoms with Gasteiger partial charge in [0.05, 0.1) is 22.0 Å². The molecule has 4 heteroatoms. The summed E-state index contributed by atoms with van der Waals surface area (Å²) in [5.41, 5.74) is 2.43. The van der Waals surface area contributed by atoms with E-state index in [0.717, 1.165) is 23.2 Å². The minimum atomic E-state index is 1.01. The molecule has 2 aromatic rings. The summed E-state index contributed by atoms with van der Waals surface area (Å²) in [6.45, 7) is 2.30. The Morgan fingerprint density at radius 2 is 1.76 bits per heavy atom. The Labute approximate surface area is 109 Å². The lowest BCUT2D eigenvalue weighted by Gasteiger charge is -2.20. The third-order valence-corrected chi connectivity index (χ3v) is 3.54. The number of hydrogen-bond acceptors (Lipinski definition) is 2. The fourth-order valence-corrected chi connectivity index (χ4v) is 2.60. The van der Waals surface area contributed by atoms with Gasteiger partial charge >= 0.3 is 0 Å². The zero-order valence-electron chi connectivity index (χ0n) is 9.51. The standard InChI is InChI=1S/C13H14BrN3/c14-11-9-15-17(10-11)13-6-2-1-5-12(13)16-7-3-4-8-16/h1-2,5-6,9-10H,3-4,7-8H2. The first-order valence-corrected chi connectivity index (χ1v) is 6.68. The van der Waals surface area contributed by atoms with Gasteiger partial charge < -0.3 is 4.90 Å². The normalized spacial score (nSPS) is 15.5. The molecule has 17 heavy (non-hydrogen) atoms. The van der Waals surface area contributed by atoms with Crippen molar-refractivity contribution >= 4 is 21.6 Å². The zero-order valence-corrected chi connectivity index (χ0v) is 11.1. The first kappa shape index (κ1) is 10.8. The number of anilines is 1. The van der Waals surface area contributed by atoms with E-state index in [9.17, 15) is 0 Å². The van der Waals surface area contributed by atoms with Gasteiger partial charge in [-0.1, -0.05) is 12.1 Å². The maximum absolute atomic E-state index is 4.36. The van der Waals surface area contributed by atoms with E-state index in [4.69, 9.17) is 0 Å². The molecule has 3 nitrogen and oxygen atoms in total. The largest absolute Gasteiger partial charge is 0.370 e. The highest BCUT2D eigenvalue weighted by molar-refractivity contribution is 9.10. The molecule has 0 bridgehead atoms. The number of rotatable bonds is 2. The van der Waals surface area contributed by atoms with Crippen LogP contribution in [0.15, 0.2) is 41.1 Å². The van der Waals surface area contributed by atoms with Crippen LogP contribution in [-0.4, -0.2) is 22.9 Å². The summed E-state index contributed by atoms with van der Waals surface area (Å²) in [6.07, 6.45) is 6.39. The van der Waals surface area contributed by atoms with Gasteiger partial charge in [0.1, 0.15) is 0 Å². The molecule has 3 rings (SSSR count). The van der Waals surface area contributed by atoms with E-state index >= 15 is 0 Å². The van der Waals surface area contributed by atoms with Crippen LogP contribution in [0.4, 0.5) is 5.69 Å². The summed E-state index contributed by atoms with van der Waals surface area (Å²) in [4.78, 5) is 2.44. The highest BCUT2D eigenvalue weighted by Crippen LogP contribution is 2.27. The van der Waals surface area contributed by atoms with Crippen LogP contribution < -0.4 is 4.90 Å². The molecule has 0 spiro atoms. The van der Waals surface area contributed by atoms with Gasteiger partial charge in [-0.3, -0.25) is 0 Å². The average Bonchev–Trinajstić information content (AvgIpc) is 3.00. The van der Waals surface area contributed by atoms with Crippen LogP contribution in [0, 0.1) is 0 Å². The molecule has 1 aromatic carbocycles. The molecule has 0 radical (unpaired) electrons. The molecular weight excluding hydrogens is 278 g/mol. The predicted molar refractivity (Wildman–Crippen MR) is 72.7 cm³/mol. The van der Waals surface area contributed by atoms with Crippen molar-refractivity contribution in [2.45, 2.75) is 12.8 Å². The van der Waals surface area contributed by atoms with E-state index in [1.807, 2.05) is 17.1 Å². The number of para-hydroxylation sites is 2. The van der Waals surface area contributed by atoms with Gasteiger partial charge in [0.15, 0.2) is 0 Å². The fourth-order valence-electron chi connectivity index (χ4n) is 2.32. The van der Waals surface area contributed by atoms with E-state index in [0.29, 0.717) is 0 Å². The van der Waals surface area contributed by atoms with Crippen LogP contribution in [0.1, 0.15) is 12.8 Å². The molecule has 1 saturated heterocycles. The Morgan fingerprint density at radius 1 is 1.06 bits per heavy atom. The van der Waals surface area contributed by atoms with Crippen LogP contribution in [0.25, 0.3) is 5.69 Å². The van der Waals surface area contributed by atoms with Crippen molar-refractivity contribution in [3.63, 3.8) is 0 Å². The lowest BCUT2D eigenvalue weighted by Crippen LogP contribution is -2.19. The topological polar surface area (TPSA) is 21.1 Å². The predicted octanol–water partition coefficient (Wildman–Crippen LogP) is 3.24. The van der Waals surface area contributed by atoms with E-state index in [1.165, 1.54) is 18.5 Å². The maximum atomic E-state index is 4.36. The number of aromatic nitrogens is 2. The number of hydrogen-bond donors (Lipinski definition) is 0. The van der Waals surface area contributed by atoms with Crippen molar-refractivity contribution in [2.75, 3.05) is 18.0 Å². The quantitative estimate of drug-likeness (QED) is 0.847. The molecule has 0 N–H and O–H groups in total. The van der Waals surface area contributed by atoms with Crippen LogP contribution >= 0.6 is 15.9 Å². The van der Waals surface area contributed by atoms with Crippen molar-refractivity contribution in [3.8, 4) is 5.69 Å². The molecule has 1 aliphatic rings. The van der Waals surface area contributed by atoms with E-state index in [2.05, 4.69) is 50.2 Å². The summed E-state index contributed by atoms with van der Waals surface area (Å²) in [5.74, 6) is 0. The Kier molecular flexibility index (Phi) is 2.89. The van der Waals surface area contributed by atoms with Crippen molar-refractivity contribution in [1.82, 2.24) is 9.78 Å². The highest BCUT2D eigenvalue weighted by Gasteiger charge is 2.16. The molecular formula is C13H14BrN3. The molecule has 1 aliphatic heterocycles. The van der Waals surface area contributed by atoms with Gasteiger partial charge in [-0.15, -0.1) is 0 Å². The summed E-state index contributed by atoms with van der Waals surface area (Å²) in [5, 5.41) is 4.36. The second-order valence-corrected chi connectivity index (χ2v) is 5.20. The van der Waals surface area contributed by atoms with E-state index in [-0.39, 0.29) is 0 Å². The van der Waals surface area contributed by atoms with Gasteiger partial charge in [-0.05, 0) is 40.9 Å². The molecule has 2 heterocycles. The summed E-state index contributed by atoms with van der Waals surface area (Å²) < 4.78 is 2.94. The molecule has 1 fully saturated rings. The summed E-state index contributed by atoms with van der Waals surface area (Å²) in [7, 11) is 0. The Bertz CT molecular complexity index is 515. The van der Waals surface area contributed by atoms with E-state index in [1.54, 1.807) is 0 Å². The molecule has 0 atom stereocenters. The summed E-state index contributed by atoms with van der Waals surface area (Å²) >= 11 is 3.44. The summed E-state index contributed by atoms with van der Waals surface area (Å²) in [6, 6.07) is 8.45. The first-order valence-electron chi connectivity index (χ1n) is 5.89. The third-order valence-electron chi connectivity index (χ3n) is 3.13. The van der Waals surface area contributed by atoms with Crippen molar-refractivity contribution in [3.05, 3.63) is 41.1 Å². The third kappa shape index (κ3) is 2.09. The number of benzene rings is 1. The SMILES string of the molecule is Brc1cnn(-c2ccccc2N2CCCC2)c1. The van der Waals surface area contributed by atoms with Gasteiger partial charge in [-0.2, -0.15) is 5.10 Å². The van der Waals surface area contributed by atoms with Crippen LogP contribution in [-0.2, 0) is 0 Å². The molecule has 1 aromatic heterocycles. The highest BCUT2D eigenvalue weighted by atomic mass is 79.9. The lowest BCUT2D eigenvalue weighted by molar-refractivity contribution is 0.861. The monoisotopic (exact) mass is 291 g/mol. The number of halogens is 1. The van der Waals surface area contributed by atoms with Gasteiger partial charge in [-0.25, -0.2) is 4.68 Å². The lowest BCUT2D eigenvalue weighted by atomic mass is 10.2. The van der Waals surface area contributed by atoms with Gasteiger partial charge in [0.25, 0.3) is 0 Å². The molecule has 0 aliphatic carbocycles. The molecule has 0 unspecified atom stereocenters. The number of nitrogens with zero attached hydrogens (tertiary/aromatic N) is 3. The van der Waals surface area contributed by atoms with Crippen LogP contribution in [0.3, 0.4) is 0 Å². The Morgan fingerprint density at radius 3 is 2.41 bits per heavy atom. The smallest absolute Gasteiger partial charge is 0.0879 e. The molecule has 88 valence electrons. The van der Waals surface area contributed by atoms with Crippen LogP contribution in [0.5, 0.6) is 0 Å². The molecule has 0 saturated carbocycles. The first-order chi connectivity index (χ1) is 8.34. The Hall–Kier alpha value is -1.29. The van der Waals surface area contributed by atoms with Gasteiger partial charge in [0, 0.05) is 19.3 Å². The Balaban J connectivity index is 2.03.